The van der Waals surface area contributed by atoms with Gasteiger partial charge in [0, 0.05) is 30.7 Å². The lowest BCUT2D eigenvalue weighted by atomic mass is 10.1. The molecule has 5 nitrogen and oxygen atoms in total. The number of rotatable bonds is 3. The van der Waals surface area contributed by atoms with E-state index in [1.807, 2.05) is 42.1 Å². The lowest BCUT2D eigenvalue weighted by molar-refractivity contribution is -0.110. The third kappa shape index (κ3) is 1.95. The van der Waals surface area contributed by atoms with Crippen LogP contribution in [0.5, 0.6) is 0 Å². The Hall–Kier alpha value is -2.30. The summed E-state index contributed by atoms with van der Waals surface area (Å²) in [6.45, 7) is 0.688. The fourth-order valence-corrected chi connectivity index (χ4v) is 2.93. The van der Waals surface area contributed by atoms with E-state index in [0.717, 1.165) is 23.7 Å². The van der Waals surface area contributed by atoms with Gasteiger partial charge in [-0.2, -0.15) is 0 Å². The number of carbonyl (C=O) groups is 2. The van der Waals surface area contributed by atoms with Gasteiger partial charge in [-0.05, 0) is 18.9 Å². The van der Waals surface area contributed by atoms with Gasteiger partial charge in [0.05, 0.1) is 5.56 Å². The van der Waals surface area contributed by atoms with Gasteiger partial charge >= 0.3 is 0 Å². The second kappa shape index (κ2) is 5.00. The molecule has 0 saturated carbocycles. The number of hydrogen-bond acceptors (Lipinski definition) is 2. The molecule has 1 saturated heterocycles. The first-order valence-corrected chi connectivity index (χ1v) is 6.77. The number of likely N-dealkylation sites (tertiary alicyclic amines) is 1. The number of para-hydroxylation sites is 1. The van der Waals surface area contributed by atoms with Crippen LogP contribution in [-0.4, -0.2) is 34.5 Å². The van der Waals surface area contributed by atoms with E-state index in [1.54, 1.807) is 4.90 Å². The SMILES string of the molecule is Cn1cc(C(=O)N2CCCC2NC=O)c2ccccc21. The summed E-state index contributed by atoms with van der Waals surface area (Å²) >= 11 is 0. The Balaban J connectivity index is 1.98. The van der Waals surface area contributed by atoms with Crippen molar-refractivity contribution in [2.75, 3.05) is 6.54 Å². The summed E-state index contributed by atoms with van der Waals surface area (Å²) in [6, 6.07) is 7.85. The lowest BCUT2D eigenvalue weighted by Crippen LogP contribution is -2.44. The van der Waals surface area contributed by atoms with E-state index >= 15 is 0 Å². The summed E-state index contributed by atoms with van der Waals surface area (Å²) in [5.41, 5.74) is 1.73. The number of hydrogen-bond donors (Lipinski definition) is 1. The van der Waals surface area contributed by atoms with Crippen LogP contribution in [0, 0.1) is 0 Å². The number of nitrogens with zero attached hydrogens (tertiary/aromatic N) is 2. The molecule has 1 N–H and O–H groups in total. The molecule has 1 aromatic heterocycles. The largest absolute Gasteiger partial charge is 0.350 e. The highest BCUT2D eigenvalue weighted by Crippen LogP contribution is 2.24. The molecule has 1 aromatic carbocycles. The van der Waals surface area contributed by atoms with Crippen molar-refractivity contribution in [3.05, 3.63) is 36.0 Å². The third-order valence-corrected chi connectivity index (χ3v) is 3.90. The van der Waals surface area contributed by atoms with Crippen molar-refractivity contribution < 1.29 is 9.59 Å². The molecule has 1 aliphatic rings. The third-order valence-electron chi connectivity index (χ3n) is 3.90. The summed E-state index contributed by atoms with van der Waals surface area (Å²) in [5, 5.41) is 3.67. The Kier molecular flexibility index (Phi) is 3.18. The fraction of sp³-hybridized carbons (Fsp3) is 0.333. The number of fused-ring (bicyclic) bond motifs is 1. The predicted molar refractivity (Wildman–Crippen MR) is 76.2 cm³/mol. The number of aromatic nitrogens is 1. The minimum Gasteiger partial charge on any atom is -0.350 e. The maximum atomic E-state index is 12.7. The van der Waals surface area contributed by atoms with Crippen LogP contribution in [0.4, 0.5) is 0 Å². The van der Waals surface area contributed by atoms with E-state index in [-0.39, 0.29) is 12.1 Å². The molecule has 1 aliphatic heterocycles. The smallest absolute Gasteiger partial charge is 0.257 e. The van der Waals surface area contributed by atoms with Crippen molar-refractivity contribution in [2.24, 2.45) is 7.05 Å². The van der Waals surface area contributed by atoms with Crippen molar-refractivity contribution in [1.29, 1.82) is 0 Å². The average Bonchev–Trinajstić information content (AvgIpc) is 3.04. The molecule has 5 heteroatoms. The maximum absolute atomic E-state index is 12.7. The van der Waals surface area contributed by atoms with Gasteiger partial charge in [0.1, 0.15) is 6.17 Å². The van der Waals surface area contributed by atoms with Gasteiger partial charge < -0.3 is 14.8 Å². The van der Waals surface area contributed by atoms with E-state index in [2.05, 4.69) is 5.32 Å². The van der Waals surface area contributed by atoms with E-state index in [9.17, 15) is 9.59 Å². The first-order chi connectivity index (χ1) is 9.72. The Morgan fingerprint density at radius 1 is 1.40 bits per heavy atom. The van der Waals surface area contributed by atoms with Crippen molar-refractivity contribution in [2.45, 2.75) is 19.0 Å². The maximum Gasteiger partial charge on any atom is 0.257 e. The first kappa shape index (κ1) is 12.7. The van der Waals surface area contributed by atoms with Gasteiger partial charge in [-0.1, -0.05) is 18.2 Å². The van der Waals surface area contributed by atoms with Crippen molar-refractivity contribution in [3.8, 4) is 0 Å². The number of carbonyl (C=O) groups excluding carboxylic acids is 2. The molecule has 104 valence electrons. The molecule has 1 fully saturated rings. The minimum atomic E-state index is -0.182. The minimum absolute atomic E-state index is 0.0151. The molecule has 0 bridgehead atoms. The van der Waals surface area contributed by atoms with Crippen LogP contribution in [0.15, 0.2) is 30.5 Å². The monoisotopic (exact) mass is 271 g/mol. The number of benzene rings is 1. The summed E-state index contributed by atoms with van der Waals surface area (Å²) in [7, 11) is 1.93. The van der Waals surface area contributed by atoms with Crippen LogP contribution in [-0.2, 0) is 11.8 Å². The van der Waals surface area contributed by atoms with Crippen LogP contribution in [0.2, 0.25) is 0 Å². The highest BCUT2D eigenvalue weighted by molar-refractivity contribution is 6.07. The molecule has 1 atom stereocenters. The highest BCUT2D eigenvalue weighted by atomic mass is 16.2. The Morgan fingerprint density at radius 3 is 3.00 bits per heavy atom. The van der Waals surface area contributed by atoms with Crippen LogP contribution in [0.1, 0.15) is 23.2 Å². The van der Waals surface area contributed by atoms with Gasteiger partial charge in [-0.25, -0.2) is 0 Å². The summed E-state index contributed by atoms with van der Waals surface area (Å²) < 4.78 is 1.96. The average molecular weight is 271 g/mol. The first-order valence-electron chi connectivity index (χ1n) is 6.77. The number of nitrogens with one attached hydrogen (secondary N) is 1. The van der Waals surface area contributed by atoms with Gasteiger partial charge in [0.15, 0.2) is 0 Å². The van der Waals surface area contributed by atoms with Crippen LogP contribution in [0.25, 0.3) is 10.9 Å². The normalized spacial score (nSPS) is 18.4. The Bertz CT molecular complexity index is 662. The lowest BCUT2D eigenvalue weighted by Gasteiger charge is -2.23. The number of amides is 2. The Morgan fingerprint density at radius 2 is 2.20 bits per heavy atom. The van der Waals surface area contributed by atoms with E-state index in [4.69, 9.17) is 0 Å². The molecular formula is C15H17N3O2. The fourth-order valence-electron chi connectivity index (χ4n) is 2.93. The number of aryl methyl sites for hydroxylation is 1. The summed E-state index contributed by atoms with van der Waals surface area (Å²) in [4.78, 5) is 25.1. The van der Waals surface area contributed by atoms with Gasteiger partial charge in [0.2, 0.25) is 6.41 Å². The molecule has 2 amide bonds. The quantitative estimate of drug-likeness (QED) is 0.860. The van der Waals surface area contributed by atoms with Crippen LogP contribution >= 0.6 is 0 Å². The van der Waals surface area contributed by atoms with Gasteiger partial charge in [-0.3, -0.25) is 9.59 Å². The molecule has 2 heterocycles. The highest BCUT2D eigenvalue weighted by Gasteiger charge is 2.30. The molecular weight excluding hydrogens is 254 g/mol. The molecule has 0 aliphatic carbocycles. The molecule has 2 aromatic rings. The van der Waals surface area contributed by atoms with Gasteiger partial charge in [-0.15, -0.1) is 0 Å². The molecule has 0 radical (unpaired) electrons. The van der Waals surface area contributed by atoms with Crippen LogP contribution < -0.4 is 5.32 Å². The zero-order valence-electron chi connectivity index (χ0n) is 11.4. The van der Waals surface area contributed by atoms with E-state index in [0.29, 0.717) is 18.5 Å². The van der Waals surface area contributed by atoms with E-state index in [1.165, 1.54) is 0 Å². The van der Waals surface area contributed by atoms with Crippen molar-refractivity contribution in [3.63, 3.8) is 0 Å². The second-order valence-corrected chi connectivity index (χ2v) is 5.11. The Labute approximate surface area is 117 Å². The molecule has 3 rings (SSSR count). The van der Waals surface area contributed by atoms with Crippen LogP contribution in [0.3, 0.4) is 0 Å². The van der Waals surface area contributed by atoms with Crippen molar-refractivity contribution in [1.82, 2.24) is 14.8 Å². The molecule has 20 heavy (non-hydrogen) atoms. The second-order valence-electron chi connectivity index (χ2n) is 5.11. The topological polar surface area (TPSA) is 54.3 Å². The summed E-state index contributed by atoms with van der Waals surface area (Å²) in [6.07, 6.45) is 4.08. The molecule has 0 spiro atoms. The molecule has 1 unspecified atom stereocenters. The predicted octanol–water partition coefficient (Wildman–Crippen LogP) is 1.49. The van der Waals surface area contributed by atoms with Gasteiger partial charge in [0.25, 0.3) is 5.91 Å². The van der Waals surface area contributed by atoms with E-state index < -0.39 is 0 Å². The standard InChI is InChI=1S/C15H17N3O2/c1-17-9-12(11-5-2-3-6-13(11)17)15(20)18-8-4-7-14(18)16-10-19/h2-3,5-6,9-10,14H,4,7-8H2,1H3,(H,16,19). The van der Waals surface area contributed by atoms with Crippen molar-refractivity contribution >= 4 is 23.2 Å². The zero-order chi connectivity index (χ0) is 14.1. The summed E-state index contributed by atoms with van der Waals surface area (Å²) in [5.74, 6) is -0.0151. The zero-order valence-corrected chi connectivity index (χ0v) is 11.4.